The number of nitrogens with one attached hydrogen (secondary N) is 1. The van der Waals surface area contributed by atoms with Crippen LogP contribution in [0.25, 0.3) is 0 Å². The molecule has 0 unspecified atom stereocenters. The molecule has 0 spiro atoms. The number of hydrogen-bond donors (Lipinski definition) is 1. The lowest BCUT2D eigenvalue weighted by Crippen LogP contribution is -2.56. The van der Waals surface area contributed by atoms with Gasteiger partial charge in [-0.3, -0.25) is 15.0 Å². The molecule has 21 heavy (non-hydrogen) atoms. The Bertz CT molecular complexity index is 542. The summed E-state index contributed by atoms with van der Waals surface area (Å²) in [7, 11) is 0. The zero-order chi connectivity index (χ0) is 16.4. The van der Waals surface area contributed by atoms with Crippen molar-refractivity contribution in [2.45, 2.75) is 54.0 Å². The van der Waals surface area contributed by atoms with Crippen molar-refractivity contribution in [3.63, 3.8) is 0 Å². The lowest BCUT2D eigenvalue weighted by molar-refractivity contribution is -0.129. The molecule has 0 aliphatic carbocycles. The standard InChI is InChI=1S/C17H26N2O2/c1-11(2)15(20)18-19(17(5,6)7)16(21)14-10-8-9-12(3)13(14)4/h8-11H,1-7H3,(H,18,20). The molecule has 0 aliphatic rings. The quantitative estimate of drug-likeness (QED) is 0.850. The van der Waals surface area contributed by atoms with Gasteiger partial charge in [0.25, 0.3) is 5.91 Å². The number of carbonyl (C=O) groups is 2. The van der Waals surface area contributed by atoms with E-state index in [1.807, 2.05) is 46.8 Å². The molecule has 4 heteroatoms. The Balaban J connectivity index is 3.18. The molecule has 1 aromatic carbocycles. The highest BCUT2D eigenvalue weighted by molar-refractivity contribution is 5.97. The van der Waals surface area contributed by atoms with E-state index in [1.54, 1.807) is 19.9 Å². The van der Waals surface area contributed by atoms with Gasteiger partial charge in [0, 0.05) is 11.5 Å². The van der Waals surface area contributed by atoms with Gasteiger partial charge in [-0.1, -0.05) is 26.0 Å². The first-order valence-corrected chi connectivity index (χ1v) is 7.27. The average Bonchev–Trinajstić information content (AvgIpc) is 2.36. The van der Waals surface area contributed by atoms with Gasteiger partial charge >= 0.3 is 0 Å². The predicted molar refractivity (Wildman–Crippen MR) is 84.8 cm³/mol. The van der Waals surface area contributed by atoms with Crippen LogP contribution in [-0.2, 0) is 4.79 Å². The van der Waals surface area contributed by atoms with E-state index in [4.69, 9.17) is 0 Å². The zero-order valence-electron chi connectivity index (χ0n) is 14.1. The highest BCUT2D eigenvalue weighted by atomic mass is 16.2. The van der Waals surface area contributed by atoms with Crippen LogP contribution in [-0.4, -0.2) is 22.4 Å². The molecule has 0 saturated carbocycles. The van der Waals surface area contributed by atoms with Gasteiger partial charge in [0.2, 0.25) is 5.91 Å². The minimum atomic E-state index is -0.502. The van der Waals surface area contributed by atoms with E-state index in [9.17, 15) is 9.59 Å². The third-order valence-electron chi connectivity index (χ3n) is 3.46. The SMILES string of the molecule is Cc1cccc(C(=O)N(NC(=O)C(C)C)C(C)(C)C)c1C. The fourth-order valence-electron chi connectivity index (χ4n) is 1.87. The zero-order valence-corrected chi connectivity index (χ0v) is 14.1. The van der Waals surface area contributed by atoms with E-state index in [0.717, 1.165) is 11.1 Å². The van der Waals surface area contributed by atoms with E-state index in [-0.39, 0.29) is 17.7 Å². The second-order valence-electron chi connectivity index (χ2n) is 6.69. The summed E-state index contributed by atoms with van der Waals surface area (Å²) in [6, 6.07) is 5.63. The number of hydrogen-bond acceptors (Lipinski definition) is 2. The monoisotopic (exact) mass is 290 g/mol. The minimum Gasteiger partial charge on any atom is -0.273 e. The van der Waals surface area contributed by atoms with Gasteiger partial charge in [-0.2, -0.15) is 0 Å². The first kappa shape index (κ1) is 17.2. The number of aryl methyl sites for hydroxylation is 1. The van der Waals surface area contributed by atoms with Gasteiger partial charge in [0.15, 0.2) is 0 Å². The molecule has 1 rings (SSSR count). The van der Waals surface area contributed by atoms with E-state index in [2.05, 4.69) is 5.43 Å². The molecule has 0 radical (unpaired) electrons. The number of rotatable bonds is 2. The topological polar surface area (TPSA) is 49.4 Å². The molecular formula is C17H26N2O2. The van der Waals surface area contributed by atoms with Gasteiger partial charge in [-0.25, -0.2) is 5.01 Å². The maximum absolute atomic E-state index is 12.8. The van der Waals surface area contributed by atoms with Crippen LogP contribution in [0.2, 0.25) is 0 Å². The molecule has 0 atom stereocenters. The van der Waals surface area contributed by atoms with Crippen molar-refractivity contribution in [3.05, 3.63) is 34.9 Å². The van der Waals surface area contributed by atoms with Gasteiger partial charge in [0.05, 0.1) is 5.54 Å². The molecular weight excluding hydrogens is 264 g/mol. The summed E-state index contributed by atoms with van der Waals surface area (Å²) in [6.07, 6.45) is 0. The van der Waals surface area contributed by atoms with E-state index >= 15 is 0 Å². The minimum absolute atomic E-state index is 0.163. The van der Waals surface area contributed by atoms with Crippen molar-refractivity contribution in [2.24, 2.45) is 5.92 Å². The van der Waals surface area contributed by atoms with Gasteiger partial charge < -0.3 is 0 Å². The van der Waals surface area contributed by atoms with Crippen molar-refractivity contribution in [1.82, 2.24) is 10.4 Å². The molecule has 0 heterocycles. The fraction of sp³-hybridized carbons (Fsp3) is 0.529. The first-order valence-electron chi connectivity index (χ1n) is 7.27. The van der Waals surface area contributed by atoms with Gasteiger partial charge in [-0.15, -0.1) is 0 Å². The number of carbonyl (C=O) groups excluding carboxylic acids is 2. The van der Waals surface area contributed by atoms with Crippen LogP contribution in [0.1, 0.15) is 56.1 Å². The Labute approximate surface area is 127 Å². The number of nitrogens with zero attached hydrogens (tertiary/aromatic N) is 1. The van der Waals surface area contributed by atoms with Crippen molar-refractivity contribution in [2.75, 3.05) is 0 Å². The second-order valence-corrected chi connectivity index (χ2v) is 6.69. The van der Waals surface area contributed by atoms with Crippen molar-refractivity contribution >= 4 is 11.8 Å². The summed E-state index contributed by atoms with van der Waals surface area (Å²) in [5.41, 5.74) is 4.86. The Morgan fingerprint density at radius 2 is 1.71 bits per heavy atom. The molecule has 0 bridgehead atoms. The van der Waals surface area contributed by atoms with E-state index in [0.29, 0.717) is 5.56 Å². The number of hydrazine groups is 1. The molecule has 0 aliphatic heterocycles. The van der Waals surface area contributed by atoms with E-state index in [1.165, 1.54) is 5.01 Å². The van der Waals surface area contributed by atoms with Gasteiger partial charge in [-0.05, 0) is 51.8 Å². The maximum atomic E-state index is 12.8. The lowest BCUT2D eigenvalue weighted by atomic mass is 10.0. The second kappa shape index (κ2) is 6.29. The Morgan fingerprint density at radius 3 is 2.19 bits per heavy atom. The Morgan fingerprint density at radius 1 is 1.14 bits per heavy atom. The number of benzene rings is 1. The van der Waals surface area contributed by atoms with Crippen LogP contribution in [0, 0.1) is 19.8 Å². The summed E-state index contributed by atoms with van der Waals surface area (Å²) < 4.78 is 0. The maximum Gasteiger partial charge on any atom is 0.273 e. The third-order valence-corrected chi connectivity index (χ3v) is 3.46. The summed E-state index contributed by atoms with van der Waals surface area (Å²) in [5, 5.41) is 1.43. The molecule has 2 amide bonds. The summed E-state index contributed by atoms with van der Waals surface area (Å²) in [5.74, 6) is -0.525. The van der Waals surface area contributed by atoms with Crippen LogP contribution in [0.4, 0.5) is 0 Å². The van der Waals surface area contributed by atoms with Crippen LogP contribution in [0.5, 0.6) is 0 Å². The summed E-state index contributed by atoms with van der Waals surface area (Å²) in [4.78, 5) is 24.8. The highest BCUT2D eigenvalue weighted by Crippen LogP contribution is 2.19. The Hall–Kier alpha value is -1.84. The van der Waals surface area contributed by atoms with Crippen molar-refractivity contribution < 1.29 is 9.59 Å². The average molecular weight is 290 g/mol. The Kier molecular flexibility index (Phi) is 5.15. The molecule has 0 aromatic heterocycles. The largest absolute Gasteiger partial charge is 0.273 e. The first-order chi connectivity index (χ1) is 9.55. The summed E-state index contributed by atoms with van der Waals surface area (Å²) in [6.45, 7) is 13.2. The molecule has 0 fully saturated rings. The van der Waals surface area contributed by atoms with Crippen LogP contribution < -0.4 is 5.43 Å². The molecule has 1 N–H and O–H groups in total. The van der Waals surface area contributed by atoms with Crippen molar-refractivity contribution in [1.29, 1.82) is 0 Å². The van der Waals surface area contributed by atoms with Crippen LogP contribution in [0.15, 0.2) is 18.2 Å². The fourth-order valence-corrected chi connectivity index (χ4v) is 1.87. The van der Waals surface area contributed by atoms with E-state index < -0.39 is 5.54 Å². The molecule has 4 nitrogen and oxygen atoms in total. The number of amides is 2. The lowest BCUT2D eigenvalue weighted by Gasteiger charge is -2.36. The smallest absolute Gasteiger partial charge is 0.273 e. The third kappa shape index (κ3) is 4.06. The van der Waals surface area contributed by atoms with Crippen LogP contribution >= 0.6 is 0 Å². The molecule has 1 aromatic rings. The normalized spacial score (nSPS) is 11.4. The molecule has 116 valence electrons. The highest BCUT2D eigenvalue weighted by Gasteiger charge is 2.30. The molecule has 0 saturated heterocycles. The van der Waals surface area contributed by atoms with Crippen molar-refractivity contribution in [3.8, 4) is 0 Å². The van der Waals surface area contributed by atoms with Crippen LogP contribution in [0.3, 0.4) is 0 Å². The predicted octanol–water partition coefficient (Wildman–Crippen LogP) is 3.23. The van der Waals surface area contributed by atoms with Gasteiger partial charge in [0.1, 0.15) is 0 Å². The summed E-state index contributed by atoms with van der Waals surface area (Å²) >= 11 is 0.